The molecule has 206 valence electrons. The van der Waals surface area contributed by atoms with Crippen LogP contribution in [0.5, 0.6) is 0 Å². The van der Waals surface area contributed by atoms with Crippen molar-refractivity contribution in [3.8, 4) is 6.07 Å². The summed E-state index contributed by atoms with van der Waals surface area (Å²) in [4.78, 5) is 29.0. The van der Waals surface area contributed by atoms with E-state index >= 15 is 0 Å². The van der Waals surface area contributed by atoms with Crippen LogP contribution in [0.2, 0.25) is 0 Å². The van der Waals surface area contributed by atoms with Crippen molar-refractivity contribution in [1.29, 1.82) is 5.26 Å². The molecule has 0 unspecified atom stereocenters. The van der Waals surface area contributed by atoms with Crippen LogP contribution in [-0.4, -0.2) is 59.8 Å². The van der Waals surface area contributed by atoms with E-state index in [0.29, 0.717) is 16.7 Å². The zero-order chi connectivity index (χ0) is 28.4. The van der Waals surface area contributed by atoms with Crippen LogP contribution >= 0.6 is 0 Å². The van der Waals surface area contributed by atoms with Gasteiger partial charge in [-0.15, -0.1) is 0 Å². The zero-order valence-electron chi connectivity index (χ0n) is 23.0. The first-order chi connectivity index (χ1) is 19.1. The minimum absolute atomic E-state index is 0.171. The van der Waals surface area contributed by atoms with Crippen molar-refractivity contribution in [2.75, 3.05) is 37.6 Å². The molecule has 40 heavy (non-hydrogen) atoms. The molecule has 2 aromatic carbocycles. The van der Waals surface area contributed by atoms with Gasteiger partial charge in [0, 0.05) is 60.9 Å². The highest BCUT2D eigenvalue weighted by atomic mass is 16.6. The molecule has 0 bridgehead atoms. The lowest BCUT2D eigenvalue weighted by atomic mass is 10.1. The number of hydrogen-bond donors (Lipinski definition) is 1. The molecule has 1 aliphatic heterocycles. The Hall–Kier alpha value is -4.55. The van der Waals surface area contributed by atoms with Crippen molar-refractivity contribution in [3.05, 3.63) is 71.6 Å². The number of nitrogens with two attached hydrogens (primary N) is 1. The van der Waals surface area contributed by atoms with E-state index in [4.69, 9.17) is 14.9 Å². The molecule has 1 amide bonds. The van der Waals surface area contributed by atoms with Crippen LogP contribution in [0.25, 0.3) is 27.9 Å². The molecule has 2 aromatic heterocycles. The maximum absolute atomic E-state index is 12.8. The first-order valence-corrected chi connectivity index (χ1v) is 13.4. The third kappa shape index (κ3) is 5.87. The summed E-state index contributed by atoms with van der Waals surface area (Å²) in [6, 6.07) is 15.1. The van der Waals surface area contributed by atoms with Crippen LogP contribution in [0.1, 0.15) is 48.9 Å². The number of rotatable bonds is 6. The Bertz CT molecular complexity index is 1640. The number of amides is 1. The van der Waals surface area contributed by atoms with Gasteiger partial charge in [0.25, 0.3) is 5.91 Å². The van der Waals surface area contributed by atoms with E-state index in [-0.39, 0.29) is 5.76 Å². The third-order valence-corrected chi connectivity index (χ3v) is 6.94. The second kappa shape index (κ2) is 10.9. The first kappa shape index (κ1) is 27.0. The number of ether oxygens (including phenoxy) is 1. The van der Waals surface area contributed by atoms with Gasteiger partial charge in [-0.25, -0.2) is 4.79 Å². The normalized spacial score (nSPS) is 14.7. The summed E-state index contributed by atoms with van der Waals surface area (Å²) in [6.07, 6.45) is 6.32. The number of benzene rings is 2. The van der Waals surface area contributed by atoms with Crippen LogP contribution in [0, 0.1) is 11.3 Å². The number of aromatic nitrogens is 1. The van der Waals surface area contributed by atoms with Crippen molar-refractivity contribution < 1.29 is 18.7 Å². The molecular weight excluding hydrogens is 506 g/mol. The number of nitrogens with zero attached hydrogens (tertiary/aromatic N) is 4. The standard InChI is InChI=1S/C31H33N5O4/c1-31(2,3)40-30(38)36-20-22(25-16-21(19-32)7-9-26(25)36)6-4-5-11-34-12-14-35(15-13-34)24-8-10-27-23(17-24)18-28(39-27)29(33)37/h4,6-10,16-18,20H,5,11-15H2,1-3H3,(H2,33,37)/b6-4+. The van der Waals surface area contributed by atoms with Gasteiger partial charge in [0.05, 0.1) is 17.1 Å². The van der Waals surface area contributed by atoms with Crippen molar-refractivity contribution in [1.82, 2.24) is 9.47 Å². The Kier molecular flexibility index (Phi) is 7.37. The topological polar surface area (TPSA) is 118 Å². The minimum atomic E-state index is -0.610. The van der Waals surface area contributed by atoms with E-state index in [9.17, 15) is 14.9 Å². The first-order valence-electron chi connectivity index (χ1n) is 13.4. The second-order valence-corrected chi connectivity index (χ2v) is 11.0. The molecule has 0 atom stereocenters. The maximum Gasteiger partial charge on any atom is 0.419 e. The van der Waals surface area contributed by atoms with E-state index in [0.717, 1.165) is 61.2 Å². The number of carbonyl (C=O) groups is 2. The predicted octanol–water partition coefficient (Wildman–Crippen LogP) is 5.37. The minimum Gasteiger partial charge on any atom is -0.451 e. The van der Waals surface area contributed by atoms with E-state index in [1.807, 2.05) is 51.1 Å². The van der Waals surface area contributed by atoms with Crippen LogP contribution in [0.4, 0.5) is 10.5 Å². The molecule has 1 saturated heterocycles. The molecule has 0 aliphatic carbocycles. The Morgan fingerprint density at radius 2 is 1.88 bits per heavy atom. The summed E-state index contributed by atoms with van der Waals surface area (Å²) in [6.45, 7) is 10.1. The number of fused-ring (bicyclic) bond motifs is 2. The summed E-state index contributed by atoms with van der Waals surface area (Å²) in [5.74, 6) is -0.397. The fourth-order valence-corrected chi connectivity index (χ4v) is 4.97. The average Bonchev–Trinajstić information content (AvgIpc) is 3.52. The van der Waals surface area contributed by atoms with Crippen LogP contribution in [0.15, 0.2) is 59.2 Å². The molecule has 5 rings (SSSR count). The van der Waals surface area contributed by atoms with Gasteiger partial charge < -0.3 is 19.8 Å². The molecule has 2 N–H and O–H groups in total. The van der Waals surface area contributed by atoms with Crippen LogP contribution in [0.3, 0.4) is 0 Å². The fourth-order valence-electron chi connectivity index (χ4n) is 4.97. The van der Waals surface area contributed by atoms with Crippen molar-refractivity contribution in [2.45, 2.75) is 32.8 Å². The number of nitriles is 1. The molecule has 9 nitrogen and oxygen atoms in total. The third-order valence-electron chi connectivity index (χ3n) is 6.94. The molecule has 3 heterocycles. The Morgan fingerprint density at radius 1 is 1.10 bits per heavy atom. The van der Waals surface area contributed by atoms with Gasteiger partial charge in [0.15, 0.2) is 5.76 Å². The lowest BCUT2D eigenvalue weighted by Crippen LogP contribution is -2.46. The summed E-state index contributed by atoms with van der Waals surface area (Å²) >= 11 is 0. The Labute approximate surface area is 233 Å². The van der Waals surface area contributed by atoms with Gasteiger partial charge in [-0.05, 0) is 69.7 Å². The number of carbonyl (C=O) groups excluding carboxylic acids is 2. The van der Waals surface area contributed by atoms with E-state index in [2.05, 4.69) is 21.9 Å². The molecule has 0 spiro atoms. The van der Waals surface area contributed by atoms with Gasteiger partial charge in [-0.1, -0.05) is 12.2 Å². The molecule has 0 radical (unpaired) electrons. The maximum atomic E-state index is 12.8. The zero-order valence-corrected chi connectivity index (χ0v) is 23.0. The smallest absolute Gasteiger partial charge is 0.419 e. The van der Waals surface area contributed by atoms with Crippen LogP contribution in [-0.2, 0) is 4.74 Å². The second-order valence-electron chi connectivity index (χ2n) is 11.0. The molecule has 9 heteroatoms. The SMILES string of the molecule is CC(C)(C)OC(=O)n1cc(/C=C/CCN2CCN(c3ccc4oc(C(N)=O)cc4c3)CC2)c2cc(C#N)ccc21. The Balaban J connectivity index is 1.20. The molecule has 4 aromatic rings. The fraction of sp³-hybridized carbons (Fsp3) is 0.323. The van der Waals surface area contributed by atoms with Crippen LogP contribution < -0.4 is 10.6 Å². The van der Waals surface area contributed by atoms with Gasteiger partial charge >= 0.3 is 6.09 Å². The highest BCUT2D eigenvalue weighted by Crippen LogP contribution is 2.27. The molecule has 1 fully saturated rings. The van der Waals surface area contributed by atoms with Crippen molar-refractivity contribution in [2.24, 2.45) is 5.73 Å². The quantitative estimate of drug-likeness (QED) is 0.350. The lowest BCUT2D eigenvalue weighted by molar-refractivity contribution is 0.0544. The highest BCUT2D eigenvalue weighted by molar-refractivity contribution is 5.97. The summed E-state index contributed by atoms with van der Waals surface area (Å²) in [5, 5.41) is 11.1. The van der Waals surface area contributed by atoms with Gasteiger partial charge in [0.2, 0.25) is 0 Å². The number of primary amides is 1. The van der Waals surface area contributed by atoms with E-state index < -0.39 is 17.6 Å². The predicted molar refractivity (Wildman–Crippen MR) is 155 cm³/mol. The number of hydrogen-bond acceptors (Lipinski definition) is 7. The van der Waals surface area contributed by atoms with E-state index in [1.165, 1.54) is 4.57 Å². The largest absolute Gasteiger partial charge is 0.451 e. The lowest BCUT2D eigenvalue weighted by Gasteiger charge is -2.36. The van der Waals surface area contributed by atoms with Gasteiger partial charge in [-0.2, -0.15) is 5.26 Å². The van der Waals surface area contributed by atoms with Crippen molar-refractivity contribution >= 4 is 45.6 Å². The van der Waals surface area contributed by atoms with E-state index in [1.54, 1.807) is 24.4 Å². The average molecular weight is 540 g/mol. The van der Waals surface area contributed by atoms with Gasteiger partial charge in [-0.3, -0.25) is 14.3 Å². The molecule has 1 aliphatic rings. The van der Waals surface area contributed by atoms with Gasteiger partial charge in [0.1, 0.15) is 11.2 Å². The summed E-state index contributed by atoms with van der Waals surface area (Å²) in [5.41, 5.74) is 8.61. The van der Waals surface area contributed by atoms with Crippen molar-refractivity contribution in [3.63, 3.8) is 0 Å². The number of piperazine rings is 1. The number of anilines is 1. The number of furan rings is 1. The summed E-state index contributed by atoms with van der Waals surface area (Å²) in [7, 11) is 0. The molecule has 0 saturated carbocycles. The molecular formula is C31H33N5O4. The monoisotopic (exact) mass is 539 g/mol. The summed E-state index contributed by atoms with van der Waals surface area (Å²) < 4.78 is 12.6. The highest BCUT2D eigenvalue weighted by Gasteiger charge is 2.21. The Morgan fingerprint density at radius 3 is 2.58 bits per heavy atom.